The fourth-order valence-electron chi connectivity index (χ4n) is 1.04. The highest BCUT2D eigenvalue weighted by Gasteiger charge is 2.25. The molecule has 0 aliphatic heterocycles. The number of hydrogen-bond acceptors (Lipinski definition) is 4. The SMILES string of the molecule is CSC(C)c1ccc(C(C)(F)F)nc1.N#CN. The van der Waals surface area contributed by atoms with Crippen LogP contribution in [0.25, 0.3) is 0 Å². The highest BCUT2D eigenvalue weighted by atomic mass is 32.2. The molecule has 0 saturated heterocycles. The molecule has 94 valence electrons. The number of pyridine rings is 1. The first-order chi connectivity index (χ1) is 7.86. The van der Waals surface area contributed by atoms with Crippen LogP contribution >= 0.6 is 11.8 Å². The number of aromatic nitrogens is 1. The maximum Gasteiger partial charge on any atom is 0.286 e. The quantitative estimate of drug-likeness (QED) is 0.669. The van der Waals surface area contributed by atoms with E-state index in [9.17, 15) is 8.78 Å². The molecular weight excluding hydrogens is 244 g/mol. The lowest BCUT2D eigenvalue weighted by molar-refractivity contribution is 0.0127. The molecule has 2 N–H and O–H groups in total. The van der Waals surface area contributed by atoms with E-state index < -0.39 is 5.92 Å². The van der Waals surface area contributed by atoms with Crippen molar-refractivity contribution < 1.29 is 8.78 Å². The third kappa shape index (κ3) is 5.50. The molecular formula is C11H15F2N3S. The summed E-state index contributed by atoms with van der Waals surface area (Å²) in [5, 5.41) is 7.39. The first-order valence-electron chi connectivity index (χ1n) is 4.83. The van der Waals surface area contributed by atoms with Crippen LogP contribution < -0.4 is 5.73 Å². The molecule has 1 unspecified atom stereocenters. The first-order valence-corrected chi connectivity index (χ1v) is 6.12. The van der Waals surface area contributed by atoms with Crippen LogP contribution in [0, 0.1) is 11.5 Å². The predicted molar refractivity (Wildman–Crippen MR) is 65.5 cm³/mol. The van der Waals surface area contributed by atoms with Crippen molar-refractivity contribution in [2.24, 2.45) is 5.73 Å². The highest BCUT2D eigenvalue weighted by molar-refractivity contribution is 7.98. The number of nitrogens with two attached hydrogens (primary N) is 1. The lowest BCUT2D eigenvalue weighted by Gasteiger charge is -2.12. The van der Waals surface area contributed by atoms with Crippen molar-refractivity contribution in [3.05, 3.63) is 29.6 Å². The van der Waals surface area contributed by atoms with Gasteiger partial charge < -0.3 is 5.73 Å². The summed E-state index contributed by atoms with van der Waals surface area (Å²) in [6, 6.07) is 3.10. The molecule has 0 amide bonds. The van der Waals surface area contributed by atoms with Crippen LogP contribution in [0.15, 0.2) is 18.3 Å². The number of rotatable bonds is 3. The monoisotopic (exact) mass is 259 g/mol. The molecule has 3 nitrogen and oxygen atoms in total. The normalized spacial score (nSPS) is 12.0. The summed E-state index contributed by atoms with van der Waals surface area (Å²) in [7, 11) is 0. The number of halogens is 2. The molecule has 17 heavy (non-hydrogen) atoms. The summed E-state index contributed by atoms with van der Waals surface area (Å²) < 4.78 is 25.6. The Balaban J connectivity index is 0.000000770. The minimum atomic E-state index is -2.85. The van der Waals surface area contributed by atoms with Crippen molar-refractivity contribution in [3.8, 4) is 6.19 Å². The van der Waals surface area contributed by atoms with Crippen LogP contribution in [0.3, 0.4) is 0 Å². The van der Waals surface area contributed by atoms with Gasteiger partial charge in [0.15, 0.2) is 6.19 Å². The van der Waals surface area contributed by atoms with E-state index in [2.05, 4.69) is 10.7 Å². The van der Waals surface area contributed by atoms with Crippen molar-refractivity contribution in [1.82, 2.24) is 4.98 Å². The molecule has 1 rings (SSSR count). The highest BCUT2D eigenvalue weighted by Crippen LogP contribution is 2.28. The topological polar surface area (TPSA) is 62.7 Å². The van der Waals surface area contributed by atoms with Gasteiger partial charge in [0.25, 0.3) is 5.92 Å². The molecule has 6 heteroatoms. The van der Waals surface area contributed by atoms with E-state index in [0.717, 1.165) is 12.5 Å². The molecule has 1 aromatic heterocycles. The second kappa shape index (κ2) is 7.07. The van der Waals surface area contributed by atoms with Gasteiger partial charge in [0, 0.05) is 18.4 Å². The number of hydrogen-bond donors (Lipinski definition) is 1. The summed E-state index contributed by atoms with van der Waals surface area (Å²) in [6.45, 7) is 2.87. The Bertz CT molecular complexity index is 368. The average Bonchev–Trinajstić information content (AvgIpc) is 2.28. The Morgan fingerprint density at radius 3 is 2.35 bits per heavy atom. The third-order valence-electron chi connectivity index (χ3n) is 2.06. The maximum absolute atomic E-state index is 12.8. The Hall–Kier alpha value is -1.35. The van der Waals surface area contributed by atoms with Gasteiger partial charge in [0.2, 0.25) is 0 Å². The fourth-order valence-corrected chi connectivity index (χ4v) is 1.45. The van der Waals surface area contributed by atoms with Crippen LogP contribution in [0.1, 0.15) is 30.4 Å². The van der Waals surface area contributed by atoms with E-state index in [-0.39, 0.29) is 5.69 Å². The summed E-state index contributed by atoms with van der Waals surface area (Å²) in [5.74, 6) is -2.85. The molecule has 0 fully saturated rings. The largest absolute Gasteiger partial charge is 0.337 e. The molecule has 0 aliphatic carbocycles. The van der Waals surface area contributed by atoms with Gasteiger partial charge in [0.1, 0.15) is 5.69 Å². The second-order valence-corrected chi connectivity index (χ2v) is 4.55. The molecule has 0 spiro atoms. The number of nitrogens with zero attached hydrogens (tertiary/aromatic N) is 2. The molecule has 1 heterocycles. The Kier molecular flexibility index (Phi) is 6.51. The zero-order valence-electron chi connectivity index (χ0n) is 9.95. The van der Waals surface area contributed by atoms with E-state index in [1.807, 2.05) is 13.2 Å². The van der Waals surface area contributed by atoms with E-state index in [1.54, 1.807) is 17.8 Å². The van der Waals surface area contributed by atoms with E-state index >= 15 is 0 Å². The van der Waals surface area contributed by atoms with E-state index in [4.69, 9.17) is 5.26 Å². The number of alkyl halides is 2. The van der Waals surface area contributed by atoms with Gasteiger partial charge in [-0.2, -0.15) is 25.8 Å². The molecule has 0 bridgehead atoms. The summed E-state index contributed by atoms with van der Waals surface area (Å²) >= 11 is 1.66. The Morgan fingerprint density at radius 2 is 2.06 bits per heavy atom. The first kappa shape index (κ1) is 15.7. The van der Waals surface area contributed by atoms with Gasteiger partial charge in [-0.1, -0.05) is 6.07 Å². The van der Waals surface area contributed by atoms with Crippen molar-refractivity contribution >= 4 is 11.8 Å². The van der Waals surface area contributed by atoms with Crippen LogP contribution in [0.4, 0.5) is 8.78 Å². The van der Waals surface area contributed by atoms with Crippen LogP contribution in [-0.2, 0) is 5.92 Å². The van der Waals surface area contributed by atoms with Crippen LogP contribution in [0.2, 0.25) is 0 Å². The van der Waals surface area contributed by atoms with E-state index in [1.165, 1.54) is 18.5 Å². The summed E-state index contributed by atoms with van der Waals surface area (Å²) in [6.07, 6.45) is 4.75. The van der Waals surface area contributed by atoms with Crippen molar-refractivity contribution in [1.29, 1.82) is 5.26 Å². The lowest BCUT2D eigenvalue weighted by atomic mass is 10.1. The van der Waals surface area contributed by atoms with Gasteiger partial charge in [-0.3, -0.25) is 4.98 Å². The lowest BCUT2D eigenvalue weighted by Crippen LogP contribution is -2.09. The van der Waals surface area contributed by atoms with Crippen molar-refractivity contribution in [2.75, 3.05) is 6.26 Å². The molecule has 0 aromatic carbocycles. The van der Waals surface area contributed by atoms with Crippen LogP contribution in [0.5, 0.6) is 0 Å². The summed E-state index contributed by atoms with van der Waals surface area (Å²) in [5.41, 5.74) is 4.96. The van der Waals surface area contributed by atoms with E-state index in [0.29, 0.717) is 5.25 Å². The average molecular weight is 259 g/mol. The molecule has 1 atom stereocenters. The maximum atomic E-state index is 12.8. The van der Waals surface area contributed by atoms with Gasteiger partial charge in [-0.15, -0.1) is 0 Å². The fraction of sp³-hybridized carbons (Fsp3) is 0.455. The Morgan fingerprint density at radius 1 is 1.53 bits per heavy atom. The van der Waals surface area contributed by atoms with Gasteiger partial charge in [0.05, 0.1) is 0 Å². The summed E-state index contributed by atoms with van der Waals surface area (Å²) in [4.78, 5) is 3.76. The minimum absolute atomic E-state index is 0.172. The molecule has 1 aromatic rings. The third-order valence-corrected chi connectivity index (χ3v) is 3.04. The Labute approximate surface area is 104 Å². The molecule has 0 saturated carbocycles. The van der Waals surface area contributed by atoms with Crippen LogP contribution in [-0.4, -0.2) is 11.2 Å². The number of nitriles is 1. The van der Waals surface area contributed by atoms with Crippen molar-refractivity contribution in [3.63, 3.8) is 0 Å². The number of thioether (sulfide) groups is 1. The molecule has 0 aliphatic rings. The van der Waals surface area contributed by atoms with Gasteiger partial charge in [-0.05, 0) is 24.8 Å². The smallest absolute Gasteiger partial charge is 0.286 e. The minimum Gasteiger partial charge on any atom is -0.337 e. The molecule has 0 radical (unpaired) electrons. The van der Waals surface area contributed by atoms with Gasteiger partial charge in [-0.25, -0.2) is 0 Å². The predicted octanol–water partition coefficient (Wildman–Crippen LogP) is 3.04. The second-order valence-electron chi connectivity index (χ2n) is 3.37. The van der Waals surface area contributed by atoms with Crippen molar-refractivity contribution in [2.45, 2.75) is 25.0 Å². The zero-order chi connectivity index (χ0) is 13.5. The van der Waals surface area contributed by atoms with Gasteiger partial charge >= 0.3 is 0 Å². The standard InChI is InChI=1S/C10H13F2NS.CH2N2/c1-7(14-3)8-4-5-9(13-6-8)10(2,11)12;2-1-3/h4-7H,1-3H3;2H2. The zero-order valence-corrected chi connectivity index (χ0v) is 10.8.